The molecule has 0 aliphatic heterocycles. The Hall–Kier alpha value is -3.27. The summed E-state index contributed by atoms with van der Waals surface area (Å²) in [6, 6.07) is 17.9. The van der Waals surface area contributed by atoms with E-state index in [1.54, 1.807) is 0 Å². The van der Waals surface area contributed by atoms with Crippen LogP contribution >= 0.6 is 0 Å². The first-order valence-electron chi connectivity index (χ1n) is 8.69. The molecule has 4 nitrogen and oxygen atoms in total. The van der Waals surface area contributed by atoms with Gasteiger partial charge < -0.3 is 14.7 Å². The van der Waals surface area contributed by atoms with Crippen molar-refractivity contribution in [3.63, 3.8) is 0 Å². The standard InChI is InChI=1S/C22H20N2O2/c1-3-15-19(14-8-5-4-6-9-14)21(22(25)26)23-20(15)17-10-7-11-18-16(17)12-13-24(18)2/h4-13,23H,3H2,1-2H3,(H,25,26). The van der Waals surface area contributed by atoms with Gasteiger partial charge in [-0.3, -0.25) is 0 Å². The molecule has 4 heteroatoms. The summed E-state index contributed by atoms with van der Waals surface area (Å²) in [5.41, 5.74) is 6.02. The minimum absolute atomic E-state index is 0.246. The highest BCUT2D eigenvalue weighted by Gasteiger charge is 2.23. The molecule has 0 spiro atoms. The van der Waals surface area contributed by atoms with E-state index in [0.717, 1.165) is 45.3 Å². The SMILES string of the molecule is CCc1c(-c2cccc3c2ccn3C)[nH]c(C(=O)O)c1-c1ccccc1. The van der Waals surface area contributed by atoms with Gasteiger partial charge in [0.25, 0.3) is 0 Å². The van der Waals surface area contributed by atoms with Crippen molar-refractivity contribution in [1.82, 2.24) is 9.55 Å². The minimum atomic E-state index is -0.940. The lowest BCUT2D eigenvalue weighted by atomic mass is 9.95. The number of fused-ring (bicyclic) bond motifs is 1. The molecule has 0 atom stereocenters. The summed E-state index contributed by atoms with van der Waals surface area (Å²) in [5.74, 6) is -0.940. The van der Waals surface area contributed by atoms with Crippen LogP contribution in [0.25, 0.3) is 33.3 Å². The van der Waals surface area contributed by atoms with Gasteiger partial charge in [-0.1, -0.05) is 49.4 Å². The molecule has 4 rings (SSSR count). The lowest BCUT2D eigenvalue weighted by Crippen LogP contribution is -1.99. The number of aryl methyl sites for hydroxylation is 1. The molecule has 2 heterocycles. The second kappa shape index (κ2) is 6.23. The number of benzene rings is 2. The van der Waals surface area contributed by atoms with Gasteiger partial charge in [0, 0.05) is 35.3 Å². The van der Waals surface area contributed by atoms with Crippen LogP contribution in [-0.4, -0.2) is 20.6 Å². The number of carboxylic acid groups (broad SMARTS) is 1. The van der Waals surface area contributed by atoms with Crippen LogP contribution in [-0.2, 0) is 13.5 Å². The molecule has 130 valence electrons. The minimum Gasteiger partial charge on any atom is -0.477 e. The molecular formula is C22H20N2O2. The van der Waals surface area contributed by atoms with E-state index in [-0.39, 0.29) is 5.69 Å². The number of rotatable bonds is 4. The second-order valence-corrected chi connectivity index (χ2v) is 6.42. The molecule has 0 saturated heterocycles. The Labute approximate surface area is 151 Å². The topological polar surface area (TPSA) is 58.0 Å². The van der Waals surface area contributed by atoms with Crippen LogP contribution in [0.15, 0.2) is 60.8 Å². The third kappa shape index (κ3) is 2.42. The number of H-pyrrole nitrogens is 1. The maximum atomic E-state index is 11.9. The number of aromatic carboxylic acids is 1. The predicted octanol–water partition coefficient (Wildman–Crippen LogP) is 5.10. The average Bonchev–Trinajstić information content (AvgIpc) is 3.23. The molecule has 4 aromatic rings. The summed E-state index contributed by atoms with van der Waals surface area (Å²) in [6.45, 7) is 2.07. The molecule has 2 aromatic carbocycles. The molecule has 2 aromatic heterocycles. The molecule has 0 unspecified atom stereocenters. The molecule has 0 amide bonds. The van der Waals surface area contributed by atoms with E-state index in [2.05, 4.69) is 28.6 Å². The van der Waals surface area contributed by atoms with Crippen molar-refractivity contribution in [2.45, 2.75) is 13.3 Å². The lowest BCUT2D eigenvalue weighted by Gasteiger charge is -2.08. The summed E-state index contributed by atoms with van der Waals surface area (Å²) in [7, 11) is 2.01. The molecule has 0 aliphatic rings. The Morgan fingerprint density at radius 1 is 1.08 bits per heavy atom. The van der Waals surface area contributed by atoms with Gasteiger partial charge >= 0.3 is 5.97 Å². The predicted molar refractivity (Wildman–Crippen MR) is 104 cm³/mol. The van der Waals surface area contributed by atoms with E-state index >= 15 is 0 Å². The summed E-state index contributed by atoms with van der Waals surface area (Å²) in [4.78, 5) is 15.1. The van der Waals surface area contributed by atoms with Gasteiger partial charge in [0.2, 0.25) is 0 Å². The average molecular weight is 344 g/mol. The zero-order valence-electron chi connectivity index (χ0n) is 14.8. The largest absolute Gasteiger partial charge is 0.477 e. The van der Waals surface area contributed by atoms with Gasteiger partial charge in [-0.15, -0.1) is 0 Å². The van der Waals surface area contributed by atoms with Crippen molar-refractivity contribution in [2.24, 2.45) is 7.05 Å². The van der Waals surface area contributed by atoms with Crippen LogP contribution in [0.1, 0.15) is 23.0 Å². The molecular weight excluding hydrogens is 324 g/mol. The number of hydrogen-bond acceptors (Lipinski definition) is 1. The Morgan fingerprint density at radius 2 is 1.85 bits per heavy atom. The number of nitrogens with zero attached hydrogens (tertiary/aromatic N) is 1. The quantitative estimate of drug-likeness (QED) is 0.541. The molecule has 2 N–H and O–H groups in total. The summed E-state index contributed by atoms with van der Waals surface area (Å²) in [6.07, 6.45) is 2.77. The van der Waals surface area contributed by atoms with Crippen molar-refractivity contribution in [3.8, 4) is 22.4 Å². The highest BCUT2D eigenvalue weighted by molar-refractivity contribution is 6.02. The zero-order chi connectivity index (χ0) is 18.3. The fraction of sp³-hybridized carbons (Fsp3) is 0.136. The van der Waals surface area contributed by atoms with Crippen molar-refractivity contribution in [1.29, 1.82) is 0 Å². The number of aromatic nitrogens is 2. The third-order valence-electron chi connectivity index (χ3n) is 4.93. The highest BCUT2D eigenvalue weighted by atomic mass is 16.4. The number of aromatic amines is 1. The van der Waals surface area contributed by atoms with Gasteiger partial charge in [0.15, 0.2) is 0 Å². The second-order valence-electron chi connectivity index (χ2n) is 6.42. The van der Waals surface area contributed by atoms with Crippen LogP contribution in [0.3, 0.4) is 0 Å². The normalized spacial score (nSPS) is 11.2. The van der Waals surface area contributed by atoms with Gasteiger partial charge in [-0.05, 0) is 29.7 Å². The fourth-order valence-corrected chi connectivity index (χ4v) is 3.73. The maximum Gasteiger partial charge on any atom is 0.352 e. The first kappa shape index (κ1) is 16.2. The van der Waals surface area contributed by atoms with Crippen LogP contribution < -0.4 is 0 Å². The Balaban J connectivity index is 2.05. The smallest absolute Gasteiger partial charge is 0.352 e. The van der Waals surface area contributed by atoms with Crippen LogP contribution in [0, 0.1) is 0 Å². The fourth-order valence-electron chi connectivity index (χ4n) is 3.73. The Bertz CT molecular complexity index is 1100. The van der Waals surface area contributed by atoms with Crippen LogP contribution in [0.4, 0.5) is 0 Å². The number of carboxylic acids is 1. The molecule has 0 saturated carbocycles. The van der Waals surface area contributed by atoms with Gasteiger partial charge in [-0.2, -0.15) is 0 Å². The molecule has 0 fully saturated rings. The zero-order valence-corrected chi connectivity index (χ0v) is 14.8. The number of hydrogen-bond donors (Lipinski definition) is 2. The summed E-state index contributed by atoms with van der Waals surface area (Å²) < 4.78 is 2.07. The molecule has 0 bridgehead atoms. The number of nitrogens with one attached hydrogen (secondary N) is 1. The Morgan fingerprint density at radius 3 is 2.54 bits per heavy atom. The summed E-state index contributed by atoms with van der Waals surface area (Å²) in [5, 5.41) is 10.9. The first-order valence-corrected chi connectivity index (χ1v) is 8.69. The summed E-state index contributed by atoms with van der Waals surface area (Å²) >= 11 is 0. The monoisotopic (exact) mass is 344 g/mol. The van der Waals surface area contributed by atoms with E-state index in [0.29, 0.717) is 0 Å². The van der Waals surface area contributed by atoms with Crippen molar-refractivity contribution in [2.75, 3.05) is 0 Å². The third-order valence-corrected chi connectivity index (χ3v) is 4.93. The molecule has 26 heavy (non-hydrogen) atoms. The van der Waals surface area contributed by atoms with Crippen LogP contribution in [0.2, 0.25) is 0 Å². The lowest BCUT2D eigenvalue weighted by molar-refractivity contribution is 0.0692. The van der Waals surface area contributed by atoms with Crippen molar-refractivity contribution in [3.05, 3.63) is 72.1 Å². The van der Waals surface area contributed by atoms with Crippen molar-refractivity contribution >= 4 is 16.9 Å². The number of carbonyl (C=O) groups is 1. The maximum absolute atomic E-state index is 11.9. The van der Waals surface area contributed by atoms with Crippen LogP contribution in [0.5, 0.6) is 0 Å². The van der Waals surface area contributed by atoms with E-state index in [9.17, 15) is 9.90 Å². The highest BCUT2D eigenvalue weighted by Crippen LogP contribution is 2.38. The van der Waals surface area contributed by atoms with Gasteiger partial charge in [0.05, 0.1) is 5.69 Å². The first-order chi connectivity index (χ1) is 12.6. The Kier molecular flexibility index (Phi) is 3.88. The molecule has 0 radical (unpaired) electrons. The van der Waals surface area contributed by atoms with E-state index in [4.69, 9.17) is 0 Å². The van der Waals surface area contributed by atoms with E-state index in [1.807, 2.05) is 55.7 Å². The van der Waals surface area contributed by atoms with Gasteiger partial charge in [0.1, 0.15) is 5.69 Å². The van der Waals surface area contributed by atoms with E-state index < -0.39 is 5.97 Å². The van der Waals surface area contributed by atoms with E-state index in [1.165, 1.54) is 0 Å². The van der Waals surface area contributed by atoms with Gasteiger partial charge in [-0.25, -0.2) is 4.79 Å². The van der Waals surface area contributed by atoms with Crippen molar-refractivity contribution < 1.29 is 9.90 Å². The molecule has 0 aliphatic carbocycles.